The van der Waals surface area contributed by atoms with Gasteiger partial charge in [0, 0.05) is 50.7 Å². The highest BCUT2D eigenvalue weighted by Gasteiger charge is 2.36. The van der Waals surface area contributed by atoms with Gasteiger partial charge in [-0.1, -0.05) is 5.16 Å². The molecule has 1 fully saturated rings. The summed E-state index contributed by atoms with van der Waals surface area (Å²) in [7, 11) is -0.591. The van der Waals surface area contributed by atoms with E-state index in [0.29, 0.717) is 30.4 Å². The summed E-state index contributed by atoms with van der Waals surface area (Å²) in [5.74, 6) is 0.803. The van der Waals surface area contributed by atoms with E-state index in [0.717, 1.165) is 9.87 Å². The van der Waals surface area contributed by atoms with Crippen LogP contribution in [0, 0.1) is 0 Å². The van der Waals surface area contributed by atoms with E-state index in [1.807, 2.05) is 0 Å². The molecule has 0 aliphatic carbocycles. The summed E-state index contributed by atoms with van der Waals surface area (Å²) in [5, 5.41) is 3.99. The van der Waals surface area contributed by atoms with Crippen molar-refractivity contribution in [1.29, 1.82) is 0 Å². The summed E-state index contributed by atoms with van der Waals surface area (Å²) in [4.78, 5) is 22.8. The number of hydrogen-bond acceptors (Lipinski definition) is 7. The third-order valence-corrected chi connectivity index (χ3v) is 6.61. The van der Waals surface area contributed by atoms with Crippen LogP contribution >= 0.6 is 0 Å². The Balaban J connectivity index is 1.40. The standard InChI is InChI=1S/C19H19N5O4S/c1-23(2)29(26,27)16-5-3-14(4-6-16)19(25)24-11-15(12-24)18-21-17(22-28-18)13-7-9-20-10-8-13/h3-10,15H,11-12H2,1-2H3. The number of pyridine rings is 1. The van der Waals surface area contributed by atoms with Gasteiger partial charge in [-0.05, 0) is 36.4 Å². The third-order valence-electron chi connectivity index (χ3n) is 4.78. The lowest BCUT2D eigenvalue weighted by Gasteiger charge is -2.37. The summed E-state index contributed by atoms with van der Waals surface area (Å²) in [6.45, 7) is 0.934. The monoisotopic (exact) mass is 413 g/mol. The lowest BCUT2D eigenvalue weighted by Crippen LogP contribution is -2.48. The van der Waals surface area contributed by atoms with Crippen LogP contribution in [0.25, 0.3) is 11.4 Å². The third kappa shape index (κ3) is 3.64. The number of hydrogen-bond donors (Lipinski definition) is 0. The van der Waals surface area contributed by atoms with Crippen LogP contribution in [0.3, 0.4) is 0 Å². The highest BCUT2D eigenvalue weighted by atomic mass is 32.2. The Labute approximate surface area is 168 Å². The molecular weight excluding hydrogens is 394 g/mol. The van der Waals surface area contributed by atoms with E-state index in [9.17, 15) is 13.2 Å². The van der Waals surface area contributed by atoms with Crippen molar-refractivity contribution >= 4 is 15.9 Å². The maximum Gasteiger partial charge on any atom is 0.253 e. The lowest BCUT2D eigenvalue weighted by molar-refractivity contribution is 0.0569. The number of amides is 1. The van der Waals surface area contributed by atoms with Crippen molar-refractivity contribution in [3.05, 3.63) is 60.2 Å². The molecular formula is C19H19N5O4S. The molecule has 0 spiro atoms. The molecule has 1 aromatic carbocycles. The van der Waals surface area contributed by atoms with E-state index in [1.165, 1.54) is 38.4 Å². The van der Waals surface area contributed by atoms with Crippen molar-refractivity contribution < 1.29 is 17.7 Å². The summed E-state index contributed by atoms with van der Waals surface area (Å²) in [5.41, 5.74) is 1.25. The van der Waals surface area contributed by atoms with Crippen LogP contribution in [0.15, 0.2) is 58.2 Å². The molecule has 0 saturated carbocycles. The van der Waals surface area contributed by atoms with Crippen LogP contribution in [-0.4, -0.2) is 65.8 Å². The molecule has 0 atom stereocenters. The second-order valence-corrected chi connectivity index (χ2v) is 9.06. The van der Waals surface area contributed by atoms with E-state index in [1.54, 1.807) is 29.4 Å². The lowest BCUT2D eigenvalue weighted by atomic mass is 9.99. The molecule has 29 heavy (non-hydrogen) atoms. The van der Waals surface area contributed by atoms with Gasteiger partial charge in [-0.15, -0.1) is 0 Å². The molecule has 150 valence electrons. The minimum Gasteiger partial charge on any atom is -0.339 e. The van der Waals surface area contributed by atoms with Crippen LogP contribution in [0.4, 0.5) is 0 Å². The highest BCUT2D eigenvalue weighted by molar-refractivity contribution is 7.89. The Bertz CT molecular complexity index is 1120. The van der Waals surface area contributed by atoms with Gasteiger partial charge in [0.1, 0.15) is 0 Å². The number of sulfonamides is 1. The first-order valence-corrected chi connectivity index (χ1v) is 10.4. The zero-order valence-electron chi connectivity index (χ0n) is 15.9. The number of aromatic nitrogens is 3. The molecule has 3 heterocycles. The molecule has 4 rings (SSSR count). The van der Waals surface area contributed by atoms with Crippen LogP contribution in [-0.2, 0) is 10.0 Å². The predicted molar refractivity (Wildman–Crippen MR) is 103 cm³/mol. The Morgan fingerprint density at radius 3 is 2.38 bits per heavy atom. The molecule has 0 N–H and O–H groups in total. The summed E-state index contributed by atoms with van der Waals surface area (Å²) < 4.78 is 30.7. The van der Waals surface area contributed by atoms with Crippen LogP contribution in [0.1, 0.15) is 22.2 Å². The van der Waals surface area contributed by atoms with Gasteiger partial charge in [0.05, 0.1) is 10.8 Å². The second kappa shape index (κ2) is 7.37. The van der Waals surface area contributed by atoms with Crippen molar-refractivity contribution in [1.82, 2.24) is 24.3 Å². The molecule has 3 aromatic rings. The van der Waals surface area contributed by atoms with Gasteiger partial charge in [-0.2, -0.15) is 4.98 Å². The van der Waals surface area contributed by atoms with Gasteiger partial charge in [-0.3, -0.25) is 9.78 Å². The highest BCUT2D eigenvalue weighted by Crippen LogP contribution is 2.29. The second-order valence-electron chi connectivity index (χ2n) is 6.91. The first-order chi connectivity index (χ1) is 13.9. The van der Waals surface area contributed by atoms with Gasteiger partial charge in [0.15, 0.2) is 0 Å². The van der Waals surface area contributed by atoms with E-state index in [2.05, 4.69) is 15.1 Å². The van der Waals surface area contributed by atoms with Crippen molar-refractivity contribution in [2.75, 3.05) is 27.2 Å². The average molecular weight is 413 g/mol. The minimum atomic E-state index is -3.52. The van der Waals surface area contributed by atoms with E-state index >= 15 is 0 Å². The van der Waals surface area contributed by atoms with Gasteiger partial charge < -0.3 is 9.42 Å². The normalized spacial score (nSPS) is 14.8. The van der Waals surface area contributed by atoms with Crippen molar-refractivity contribution in [3.8, 4) is 11.4 Å². The first kappa shape index (κ1) is 19.2. The molecule has 1 aliphatic heterocycles. The van der Waals surface area contributed by atoms with Crippen molar-refractivity contribution in [3.63, 3.8) is 0 Å². The van der Waals surface area contributed by atoms with E-state index < -0.39 is 10.0 Å². The number of benzene rings is 1. The quantitative estimate of drug-likeness (QED) is 0.625. The fourth-order valence-electron chi connectivity index (χ4n) is 2.98. The Morgan fingerprint density at radius 2 is 1.76 bits per heavy atom. The Kier molecular flexibility index (Phi) is 4.89. The minimum absolute atomic E-state index is 0.0181. The molecule has 1 aliphatic rings. The zero-order valence-corrected chi connectivity index (χ0v) is 16.7. The maximum atomic E-state index is 12.6. The summed E-state index contributed by atoms with van der Waals surface area (Å²) >= 11 is 0. The molecule has 10 heteroatoms. The molecule has 9 nitrogen and oxygen atoms in total. The Morgan fingerprint density at radius 1 is 1.10 bits per heavy atom. The fourth-order valence-corrected chi connectivity index (χ4v) is 3.88. The molecule has 0 unspecified atom stereocenters. The fraction of sp³-hybridized carbons (Fsp3) is 0.263. The molecule has 2 aromatic heterocycles. The van der Waals surface area contributed by atoms with Crippen LogP contribution in [0.5, 0.6) is 0 Å². The number of carbonyl (C=O) groups excluding carboxylic acids is 1. The molecule has 0 radical (unpaired) electrons. The van der Waals surface area contributed by atoms with Crippen LogP contribution in [0.2, 0.25) is 0 Å². The first-order valence-electron chi connectivity index (χ1n) is 8.92. The topological polar surface area (TPSA) is 110 Å². The largest absolute Gasteiger partial charge is 0.339 e. The molecule has 1 saturated heterocycles. The molecule has 0 bridgehead atoms. The van der Waals surface area contributed by atoms with Crippen molar-refractivity contribution in [2.24, 2.45) is 0 Å². The van der Waals surface area contributed by atoms with Crippen LogP contribution < -0.4 is 0 Å². The Hall–Kier alpha value is -3.11. The zero-order chi connectivity index (χ0) is 20.6. The van der Waals surface area contributed by atoms with Gasteiger partial charge >= 0.3 is 0 Å². The maximum absolute atomic E-state index is 12.6. The van der Waals surface area contributed by atoms with Crippen molar-refractivity contribution in [2.45, 2.75) is 10.8 Å². The smallest absolute Gasteiger partial charge is 0.253 e. The number of rotatable bonds is 5. The number of carbonyl (C=O) groups is 1. The van der Waals surface area contributed by atoms with E-state index in [-0.39, 0.29) is 16.7 Å². The summed E-state index contributed by atoms with van der Waals surface area (Å²) in [6, 6.07) is 9.54. The van der Waals surface area contributed by atoms with Gasteiger partial charge in [0.25, 0.3) is 5.91 Å². The number of nitrogens with zero attached hydrogens (tertiary/aromatic N) is 5. The predicted octanol–water partition coefficient (Wildman–Crippen LogP) is 1.62. The average Bonchev–Trinajstić information content (AvgIpc) is 3.17. The number of likely N-dealkylation sites (tertiary alicyclic amines) is 1. The summed E-state index contributed by atoms with van der Waals surface area (Å²) in [6.07, 6.45) is 3.31. The molecule has 1 amide bonds. The SMILES string of the molecule is CN(C)S(=O)(=O)c1ccc(C(=O)N2CC(c3nc(-c4ccncc4)no3)C2)cc1. The van der Waals surface area contributed by atoms with Gasteiger partial charge in [0.2, 0.25) is 21.7 Å². The van der Waals surface area contributed by atoms with Gasteiger partial charge in [-0.25, -0.2) is 12.7 Å². The van der Waals surface area contributed by atoms with E-state index in [4.69, 9.17) is 4.52 Å².